The average molecular weight is 352 g/mol. The molecule has 0 radical (unpaired) electrons. The van der Waals surface area contributed by atoms with Crippen LogP contribution >= 0.6 is 0 Å². The highest BCUT2D eigenvalue weighted by Gasteiger charge is 2.18. The van der Waals surface area contributed by atoms with Gasteiger partial charge >= 0.3 is 5.69 Å². The zero-order chi connectivity index (χ0) is 19.0. The third kappa shape index (κ3) is 3.15. The summed E-state index contributed by atoms with van der Waals surface area (Å²) in [6, 6.07) is 8.05. The first-order valence-corrected chi connectivity index (χ1v) is 8.24. The lowest BCUT2D eigenvalue weighted by Gasteiger charge is -2.12. The van der Waals surface area contributed by atoms with Gasteiger partial charge in [-0.2, -0.15) is 5.10 Å². The number of hydrogen-bond acceptors (Lipinski definition) is 4. The Labute approximate surface area is 151 Å². The SMILES string of the molecule is Cc1ccc(-n2c(C)cc(C(=O)Cn3cc([N+](=O)[O-])cn3)c2C)cc1C. The van der Waals surface area contributed by atoms with E-state index >= 15 is 0 Å². The first kappa shape index (κ1) is 17.6. The summed E-state index contributed by atoms with van der Waals surface area (Å²) in [7, 11) is 0. The number of carbonyl (C=O) groups excluding carboxylic acids is 1. The zero-order valence-corrected chi connectivity index (χ0v) is 15.2. The van der Waals surface area contributed by atoms with Crippen LogP contribution in [0, 0.1) is 37.8 Å². The normalized spacial score (nSPS) is 10.9. The van der Waals surface area contributed by atoms with Crippen molar-refractivity contribution in [3.8, 4) is 5.69 Å². The molecule has 26 heavy (non-hydrogen) atoms. The van der Waals surface area contributed by atoms with Gasteiger partial charge in [-0.25, -0.2) is 0 Å². The topological polar surface area (TPSA) is 83.0 Å². The van der Waals surface area contributed by atoms with Crippen molar-refractivity contribution in [3.63, 3.8) is 0 Å². The Morgan fingerprint density at radius 1 is 1.15 bits per heavy atom. The molecular formula is C19H20N4O3. The minimum atomic E-state index is -0.528. The minimum Gasteiger partial charge on any atom is -0.318 e. The predicted molar refractivity (Wildman–Crippen MR) is 97.9 cm³/mol. The molecule has 0 unspecified atom stereocenters. The minimum absolute atomic E-state index is 0.0366. The Morgan fingerprint density at radius 2 is 1.88 bits per heavy atom. The summed E-state index contributed by atoms with van der Waals surface area (Å²) < 4.78 is 3.34. The van der Waals surface area contributed by atoms with Crippen molar-refractivity contribution < 1.29 is 9.72 Å². The fourth-order valence-corrected chi connectivity index (χ4v) is 3.07. The Kier molecular flexibility index (Phi) is 4.46. The van der Waals surface area contributed by atoms with Crippen molar-refractivity contribution in [3.05, 3.63) is 74.9 Å². The van der Waals surface area contributed by atoms with Crippen LogP contribution in [0.4, 0.5) is 5.69 Å². The summed E-state index contributed by atoms with van der Waals surface area (Å²) in [6.07, 6.45) is 2.41. The highest BCUT2D eigenvalue weighted by Crippen LogP contribution is 2.23. The summed E-state index contributed by atoms with van der Waals surface area (Å²) in [6.45, 7) is 7.94. The van der Waals surface area contributed by atoms with Gasteiger partial charge in [-0.3, -0.25) is 19.6 Å². The van der Waals surface area contributed by atoms with E-state index in [9.17, 15) is 14.9 Å². The lowest BCUT2D eigenvalue weighted by Crippen LogP contribution is -2.12. The molecule has 134 valence electrons. The largest absolute Gasteiger partial charge is 0.318 e. The standard InChI is InChI=1S/C19H20N4O3/c1-12-5-6-16(7-13(12)2)22-14(3)8-18(15(22)4)19(24)11-21-10-17(9-20-21)23(25)26/h5-10H,11H2,1-4H3. The van der Waals surface area contributed by atoms with Crippen LogP contribution in [0.1, 0.15) is 32.9 Å². The van der Waals surface area contributed by atoms with E-state index in [2.05, 4.69) is 31.1 Å². The zero-order valence-electron chi connectivity index (χ0n) is 15.2. The van der Waals surface area contributed by atoms with Crippen molar-refractivity contribution >= 4 is 11.5 Å². The number of benzene rings is 1. The fourth-order valence-electron chi connectivity index (χ4n) is 3.07. The predicted octanol–water partition coefficient (Wildman–Crippen LogP) is 3.70. The van der Waals surface area contributed by atoms with Gasteiger partial charge in [0, 0.05) is 22.6 Å². The van der Waals surface area contributed by atoms with Gasteiger partial charge in [-0.1, -0.05) is 6.07 Å². The number of nitrogens with zero attached hydrogens (tertiary/aromatic N) is 4. The molecule has 0 aliphatic carbocycles. The van der Waals surface area contributed by atoms with E-state index in [1.807, 2.05) is 30.5 Å². The lowest BCUT2D eigenvalue weighted by atomic mass is 10.1. The summed E-state index contributed by atoms with van der Waals surface area (Å²) in [5.41, 5.74) is 5.69. The van der Waals surface area contributed by atoms with Gasteiger partial charge in [0.05, 0.1) is 4.92 Å². The van der Waals surface area contributed by atoms with Crippen LogP contribution in [0.2, 0.25) is 0 Å². The first-order chi connectivity index (χ1) is 12.3. The number of aryl methyl sites for hydroxylation is 3. The maximum atomic E-state index is 12.7. The second kappa shape index (κ2) is 6.59. The van der Waals surface area contributed by atoms with E-state index < -0.39 is 4.92 Å². The molecule has 1 aromatic carbocycles. The molecule has 2 heterocycles. The maximum absolute atomic E-state index is 12.7. The van der Waals surface area contributed by atoms with Crippen LogP contribution in [0.3, 0.4) is 0 Å². The Morgan fingerprint density at radius 3 is 2.50 bits per heavy atom. The number of aromatic nitrogens is 3. The van der Waals surface area contributed by atoms with Crippen LogP contribution in [0.15, 0.2) is 36.7 Å². The van der Waals surface area contributed by atoms with Gasteiger partial charge in [-0.15, -0.1) is 0 Å². The fraction of sp³-hybridized carbons (Fsp3) is 0.263. The molecule has 7 heteroatoms. The molecular weight excluding hydrogens is 332 g/mol. The second-order valence-electron chi connectivity index (χ2n) is 6.47. The quantitative estimate of drug-likeness (QED) is 0.398. The van der Waals surface area contributed by atoms with Gasteiger partial charge in [0.2, 0.25) is 0 Å². The van der Waals surface area contributed by atoms with Crippen LogP contribution < -0.4 is 0 Å². The third-order valence-electron chi connectivity index (χ3n) is 4.62. The Hall–Kier alpha value is -3.22. The van der Waals surface area contributed by atoms with Gasteiger partial charge < -0.3 is 4.57 Å². The molecule has 3 rings (SSSR count). The average Bonchev–Trinajstić information content (AvgIpc) is 3.15. The van der Waals surface area contributed by atoms with Crippen LogP contribution in [-0.4, -0.2) is 25.1 Å². The van der Waals surface area contributed by atoms with Crippen LogP contribution in [-0.2, 0) is 6.54 Å². The molecule has 0 aliphatic rings. The molecule has 0 saturated carbocycles. The molecule has 0 spiro atoms. The molecule has 0 N–H and O–H groups in total. The van der Waals surface area contributed by atoms with E-state index in [0.29, 0.717) is 5.56 Å². The van der Waals surface area contributed by atoms with Gasteiger partial charge in [0.25, 0.3) is 0 Å². The second-order valence-corrected chi connectivity index (χ2v) is 6.47. The smallest absolute Gasteiger partial charge is 0.307 e. The molecule has 0 aliphatic heterocycles. The van der Waals surface area contributed by atoms with Crippen LogP contribution in [0.25, 0.3) is 5.69 Å². The number of hydrogen-bond donors (Lipinski definition) is 0. The van der Waals surface area contributed by atoms with Gasteiger partial charge in [0.1, 0.15) is 18.9 Å². The number of nitro groups is 1. The summed E-state index contributed by atoms with van der Waals surface area (Å²) in [4.78, 5) is 22.9. The number of ketones is 1. The van der Waals surface area contributed by atoms with E-state index in [1.54, 1.807) is 0 Å². The molecule has 2 aromatic heterocycles. The molecule has 0 fully saturated rings. The van der Waals surface area contributed by atoms with E-state index in [4.69, 9.17) is 0 Å². The summed E-state index contributed by atoms with van der Waals surface area (Å²) in [5.74, 6) is -0.133. The molecule has 3 aromatic rings. The molecule has 0 amide bonds. The Bertz CT molecular complexity index is 1010. The maximum Gasteiger partial charge on any atom is 0.307 e. The van der Waals surface area contributed by atoms with E-state index in [0.717, 1.165) is 23.3 Å². The molecule has 0 saturated heterocycles. The van der Waals surface area contributed by atoms with Crippen LogP contribution in [0.5, 0.6) is 0 Å². The summed E-state index contributed by atoms with van der Waals surface area (Å²) in [5, 5.41) is 14.6. The van der Waals surface area contributed by atoms with Crippen molar-refractivity contribution in [1.82, 2.24) is 14.3 Å². The summed E-state index contributed by atoms with van der Waals surface area (Å²) >= 11 is 0. The molecule has 7 nitrogen and oxygen atoms in total. The van der Waals surface area contributed by atoms with Crippen molar-refractivity contribution in [2.24, 2.45) is 0 Å². The van der Waals surface area contributed by atoms with Gasteiger partial charge in [0.15, 0.2) is 5.78 Å². The molecule has 0 bridgehead atoms. The number of rotatable bonds is 5. The van der Waals surface area contributed by atoms with Crippen molar-refractivity contribution in [2.75, 3.05) is 0 Å². The van der Waals surface area contributed by atoms with Crippen molar-refractivity contribution in [1.29, 1.82) is 0 Å². The highest BCUT2D eigenvalue weighted by molar-refractivity contribution is 5.97. The first-order valence-electron chi connectivity index (χ1n) is 8.24. The van der Waals surface area contributed by atoms with E-state index in [1.165, 1.54) is 22.0 Å². The highest BCUT2D eigenvalue weighted by atomic mass is 16.6. The third-order valence-corrected chi connectivity index (χ3v) is 4.62. The van der Waals surface area contributed by atoms with Crippen molar-refractivity contribution in [2.45, 2.75) is 34.2 Å². The molecule has 0 atom stereocenters. The Balaban J connectivity index is 1.92. The van der Waals surface area contributed by atoms with E-state index in [-0.39, 0.29) is 18.0 Å². The lowest BCUT2D eigenvalue weighted by molar-refractivity contribution is -0.385. The number of Topliss-reactive ketones (excluding diaryl/α,β-unsaturated/α-hetero) is 1. The number of carbonyl (C=O) groups is 1. The van der Waals surface area contributed by atoms with Gasteiger partial charge in [-0.05, 0) is 57.0 Å². The monoisotopic (exact) mass is 352 g/mol.